The third-order valence-electron chi connectivity index (χ3n) is 3.86. The van der Waals surface area contributed by atoms with Crippen LogP contribution in [0.3, 0.4) is 0 Å². The lowest BCUT2D eigenvalue weighted by molar-refractivity contribution is -0.117. The fraction of sp³-hybridized carbons (Fsp3) is 0.571. The number of likely N-dealkylation sites (tertiary alicyclic amines) is 1. The number of nitriles is 1. The van der Waals surface area contributed by atoms with Crippen LogP contribution in [0.2, 0.25) is 0 Å². The van der Waals surface area contributed by atoms with Gasteiger partial charge >= 0.3 is 0 Å². The standard InChI is InChI=1S/C14H20N4OS/c1-8-5-18(6-12(8)16)7-13(19)17-14-11(4-15)9(2)10(3)20-14/h8,12H,5-7,16H2,1-3H3,(H,17,19). The summed E-state index contributed by atoms with van der Waals surface area (Å²) in [6, 6.07) is 2.30. The molecule has 2 atom stereocenters. The highest BCUT2D eigenvalue weighted by Crippen LogP contribution is 2.31. The molecule has 2 heterocycles. The fourth-order valence-electron chi connectivity index (χ4n) is 2.44. The molecular weight excluding hydrogens is 272 g/mol. The number of thiophene rings is 1. The molecule has 2 rings (SSSR count). The van der Waals surface area contributed by atoms with Crippen molar-refractivity contribution in [2.75, 3.05) is 25.0 Å². The molecule has 1 saturated heterocycles. The summed E-state index contributed by atoms with van der Waals surface area (Å²) < 4.78 is 0. The van der Waals surface area contributed by atoms with Crippen LogP contribution in [-0.4, -0.2) is 36.5 Å². The summed E-state index contributed by atoms with van der Waals surface area (Å²) in [6.45, 7) is 7.89. The molecule has 1 aliphatic rings. The van der Waals surface area contributed by atoms with Crippen LogP contribution in [0.4, 0.5) is 5.00 Å². The van der Waals surface area contributed by atoms with Gasteiger partial charge in [-0.1, -0.05) is 6.92 Å². The monoisotopic (exact) mass is 292 g/mol. The number of aryl methyl sites for hydroxylation is 1. The Morgan fingerprint density at radius 2 is 2.25 bits per heavy atom. The highest BCUT2D eigenvalue weighted by Gasteiger charge is 2.28. The van der Waals surface area contributed by atoms with Gasteiger partial charge in [0.25, 0.3) is 0 Å². The highest BCUT2D eigenvalue weighted by atomic mass is 32.1. The second-order valence-electron chi connectivity index (χ2n) is 5.48. The molecule has 5 nitrogen and oxygen atoms in total. The number of amides is 1. The summed E-state index contributed by atoms with van der Waals surface area (Å²) in [5, 5.41) is 12.7. The van der Waals surface area contributed by atoms with Crippen LogP contribution in [-0.2, 0) is 4.79 Å². The third kappa shape index (κ3) is 3.01. The van der Waals surface area contributed by atoms with Gasteiger partial charge in [-0.3, -0.25) is 9.69 Å². The minimum absolute atomic E-state index is 0.0796. The lowest BCUT2D eigenvalue weighted by Crippen LogP contribution is -2.33. The first-order valence-corrected chi connectivity index (χ1v) is 7.52. The van der Waals surface area contributed by atoms with Crippen LogP contribution in [0.25, 0.3) is 0 Å². The minimum Gasteiger partial charge on any atom is -0.326 e. The largest absolute Gasteiger partial charge is 0.326 e. The summed E-state index contributed by atoms with van der Waals surface area (Å²) >= 11 is 1.46. The van der Waals surface area contributed by atoms with Gasteiger partial charge < -0.3 is 11.1 Å². The molecule has 0 bridgehead atoms. The van der Waals surface area contributed by atoms with E-state index in [0.717, 1.165) is 23.5 Å². The van der Waals surface area contributed by atoms with Crippen molar-refractivity contribution < 1.29 is 4.79 Å². The van der Waals surface area contributed by atoms with Gasteiger partial charge in [0.2, 0.25) is 5.91 Å². The quantitative estimate of drug-likeness (QED) is 0.883. The molecule has 3 N–H and O–H groups in total. The summed E-state index contributed by atoms with van der Waals surface area (Å²) in [5.74, 6) is 0.341. The molecule has 6 heteroatoms. The maximum Gasteiger partial charge on any atom is 0.239 e. The summed E-state index contributed by atoms with van der Waals surface area (Å²) in [7, 11) is 0. The van der Waals surface area contributed by atoms with E-state index in [2.05, 4.69) is 23.2 Å². The Labute approximate surface area is 123 Å². The van der Waals surface area contributed by atoms with E-state index in [4.69, 9.17) is 11.0 Å². The fourth-order valence-corrected chi connectivity index (χ4v) is 3.47. The molecule has 1 aromatic rings. The second kappa shape index (κ2) is 5.92. The predicted molar refractivity (Wildman–Crippen MR) is 80.7 cm³/mol. The van der Waals surface area contributed by atoms with Gasteiger partial charge in [-0.15, -0.1) is 11.3 Å². The van der Waals surface area contributed by atoms with Crippen LogP contribution in [0.5, 0.6) is 0 Å². The van der Waals surface area contributed by atoms with Gasteiger partial charge in [0.05, 0.1) is 12.1 Å². The zero-order valence-corrected chi connectivity index (χ0v) is 12.9. The predicted octanol–water partition coefficient (Wildman–Crippen LogP) is 1.45. The first kappa shape index (κ1) is 15.0. The smallest absolute Gasteiger partial charge is 0.239 e. The Bertz CT molecular complexity index is 550. The van der Waals surface area contributed by atoms with E-state index in [9.17, 15) is 4.79 Å². The topological polar surface area (TPSA) is 82.2 Å². The van der Waals surface area contributed by atoms with E-state index in [1.807, 2.05) is 13.8 Å². The van der Waals surface area contributed by atoms with Crippen molar-refractivity contribution >= 4 is 22.2 Å². The number of nitrogens with one attached hydrogen (secondary N) is 1. The molecule has 0 aromatic carbocycles. The summed E-state index contributed by atoms with van der Waals surface area (Å²) in [5.41, 5.74) is 7.48. The van der Waals surface area contributed by atoms with E-state index < -0.39 is 0 Å². The molecule has 1 aromatic heterocycles. The number of anilines is 1. The molecule has 1 aliphatic heterocycles. The molecule has 2 unspecified atom stereocenters. The molecule has 1 amide bonds. The Kier molecular flexibility index (Phi) is 4.43. The average Bonchev–Trinajstić information content (AvgIpc) is 2.80. The zero-order chi connectivity index (χ0) is 14.9. The average molecular weight is 292 g/mol. The van der Waals surface area contributed by atoms with Gasteiger partial charge in [0, 0.05) is 24.0 Å². The maximum absolute atomic E-state index is 12.1. The molecule has 0 aliphatic carbocycles. The van der Waals surface area contributed by atoms with Crippen LogP contribution in [0.1, 0.15) is 22.9 Å². The number of nitrogens with two attached hydrogens (primary N) is 1. The van der Waals surface area contributed by atoms with E-state index in [0.29, 0.717) is 23.0 Å². The van der Waals surface area contributed by atoms with E-state index in [1.54, 1.807) is 0 Å². The van der Waals surface area contributed by atoms with Crippen molar-refractivity contribution in [2.45, 2.75) is 26.8 Å². The van der Waals surface area contributed by atoms with Gasteiger partial charge in [0.1, 0.15) is 11.1 Å². The Balaban J connectivity index is 1.99. The molecule has 0 radical (unpaired) electrons. The highest BCUT2D eigenvalue weighted by molar-refractivity contribution is 7.16. The van der Waals surface area contributed by atoms with Crippen molar-refractivity contribution in [3.05, 3.63) is 16.0 Å². The van der Waals surface area contributed by atoms with Crippen LogP contribution >= 0.6 is 11.3 Å². The summed E-state index contributed by atoms with van der Waals surface area (Å²) in [4.78, 5) is 15.2. The van der Waals surface area contributed by atoms with Gasteiger partial charge in [-0.05, 0) is 25.3 Å². The molecule has 1 fully saturated rings. The maximum atomic E-state index is 12.1. The Morgan fingerprint density at radius 1 is 1.55 bits per heavy atom. The van der Waals surface area contributed by atoms with Crippen LogP contribution in [0.15, 0.2) is 0 Å². The van der Waals surface area contributed by atoms with Crippen molar-refractivity contribution in [2.24, 2.45) is 11.7 Å². The molecular formula is C14H20N4OS. The Morgan fingerprint density at radius 3 is 2.80 bits per heavy atom. The number of carbonyl (C=O) groups excluding carboxylic acids is 1. The number of hydrogen-bond acceptors (Lipinski definition) is 5. The van der Waals surface area contributed by atoms with Crippen molar-refractivity contribution in [1.82, 2.24) is 4.90 Å². The second-order valence-corrected chi connectivity index (χ2v) is 6.71. The number of rotatable bonds is 3. The normalized spacial score (nSPS) is 22.8. The number of carbonyl (C=O) groups is 1. The Hall–Kier alpha value is -1.42. The van der Waals surface area contributed by atoms with Crippen molar-refractivity contribution in [3.8, 4) is 6.07 Å². The molecule has 0 saturated carbocycles. The van der Waals surface area contributed by atoms with Crippen molar-refractivity contribution in [1.29, 1.82) is 5.26 Å². The lowest BCUT2D eigenvalue weighted by atomic mass is 10.1. The van der Waals surface area contributed by atoms with E-state index in [1.165, 1.54) is 11.3 Å². The van der Waals surface area contributed by atoms with Gasteiger partial charge in [-0.2, -0.15) is 5.26 Å². The van der Waals surface area contributed by atoms with Crippen molar-refractivity contribution in [3.63, 3.8) is 0 Å². The van der Waals surface area contributed by atoms with E-state index >= 15 is 0 Å². The number of hydrogen-bond donors (Lipinski definition) is 2. The van der Waals surface area contributed by atoms with Gasteiger partial charge in [-0.25, -0.2) is 0 Å². The first-order chi connectivity index (χ1) is 9.42. The molecule has 20 heavy (non-hydrogen) atoms. The number of nitrogens with zero attached hydrogens (tertiary/aromatic N) is 2. The van der Waals surface area contributed by atoms with Gasteiger partial charge in [0.15, 0.2) is 0 Å². The molecule has 108 valence electrons. The SMILES string of the molecule is Cc1sc(NC(=O)CN2CC(C)C(N)C2)c(C#N)c1C. The zero-order valence-electron chi connectivity index (χ0n) is 12.1. The molecule has 0 spiro atoms. The first-order valence-electron chi connectivity index (χ1n) is 6.70. The third-order valence-corrected chi connectivity index (χ3v) is 4.99. The minimum atomic E-state index is -0.0796. The van der Waals surface area contributed by atoms with E-state index in [-0.39, 0.29) is 11.9 Å². The lowest BCUT2D eigenvalue weighted by Gasteiger charge is -2.14. The van der Waals surface area contributed by atoms with Crippen LogP contribution in [0, 0.1) is 31.1 Å². The summed E-state index contributed by atoms with van der Waals surface area (Å²) in [6.07, 6.45) is 0. The van der Waals surface area contributed by atoms with Crippen LogP contribution < -0.4 is 11.1 Å².